The molecule has 0 saturated heterocycles. The van der Waals surface area contributed by atoms with Crippen LogP contribution in [0.15, 0.2) is 123 Å². The van der Waals surface area contributed by atoms with Gasteiger partial charge in [-0.15, -0.1) is 0 Å². The molecule has 1 nitrogen and oxygen atoms in total. The van der Waals surface area contributed by atoms with Crippen LogP contribution in [0.5, 0.6) is 0 Å². The molecular weight excluding hydrogens is 392 g/mol. The summed E-state index contributed by atoms with van der Waals surface area (Å²) in [4.78, 5) is 16.2. The van der Waals surface area contributed by atoms with Crippen LogP contribution in [-0.2, 0) is 0 Å². The predicted octanol–water partition coefficient (Wildman–Crippen LogP) is 7.86. The molecule has 4 aromatic carbocycles. The highest BCUT2D eigenvalue weighted by molar-refractivity contribution is 7.99. The lowest BCUT2D eigenvalue weighted by atomic mass is 10.1. The van der Waals surface area contributed by atoms with Gasteiger partial charge < -0.3 is 0 Å². The molecule has 0 N–H and O–H groups in total. The van der Waals surface area contributed by atoms with Gasteiger partial charge in [0.15, 0.2) is 5.78 Å². The second-order valence-corrected chi connectivity index (χ2v) is 8.94. The molecule has 29 heavy (non-hydrogen) atoms. The zero-order valence-electron chi connectivity index (χ0n) is 16.0. The maximum absolute atomic E-state index is 11.4. The summed E-state index contributed by atoms with van der Waals surface area (Å²) >= 11 is 3.47. The Bertz CT molecular complexity index is 1080. The van der Waals surface area contributed by atoms with Crippen LogP contribution in [0.4, 0.5) is 0 Å². The summed E-state index contributed by atoms with van der Waals surface area (Å²) in [6.07, 6.45) is 0. The van der Waals surface area contributed by atoms with E-state index in [1.807, 2.05) is 30.3 Å². The second kappa shape index (κ2) is 9.17. The van der Waals surface area contributed by atoms with Gasteiger partial charge in [0.05, 0.1) is 0 Å². The molecule has 0 saturated carbocycles. The molecule has 142 valence electrons. The van der Waals surface area contributed by atoms with Crippen molar-refractivity contribution >= 4 is 29.3 Å². The Balaban J connectivity index is 1.42. The van der Waals surface area contributed by atoms with Crippen molar-refractivity contribution in [2.24, 2.45) is 0 Å². The lowest BCUT2D eigenvalue weighted by Crippen LogP contribution is -1.90. The minimum Gasteiger partial charge on any atom is -0.295 e. The van der Waals surface area contributed by atoms with Crippen LogP contribution in [0, 0.1) is 0 Å². The Morgan fingerprint density at radius 3 is 1.31 bits per heavy atom. The molecule has 0 atom stereocenters. The zero-order valence-corrected chi connectivity index (χ0v) is 17.7. The Labute approximate surface area is 180 Å². The minimum atomic E-state index is 0.0964. The largest absolute Gasteiger partial charge is 0.295 e. The first-order valence-corrected chi connectivity index (χ1v) is 11.0. The van der Waals surface area contributed by atoms with Crippen LogP contribution in [-0.4, -0.2) is 5.78 Å². The first-order valence-electron chi connectivity index (χ1n) is 9.40. The van der Waals surface area contributed by atoms with E-state index in [0.29, 0.717) is 0 Å². The van der Waals surface area contributed by atoms with E-state index in [9.17, 15) is 4.79 Å². The fraction of sp³-hybridized carbons (Fsp3) is 0.0385. The number of carbonyl (C=O) groups excluding carboxylic acids is 1. The van der Waals surface area contributed by atoms with E-state index < -0.39 is 0 Å². The molecule has 0 fully saturated rings. The topological polar surface area (TPSA) is 17.1 Å². The average molecular weight is 413 g/mol. The molecular formula is C26H20OS2. The van der Waals surface area contributed by atoms with E-state index in [1.54, 1.807) is 30.4 Å². The zero-order chi connectivity index (χ0) is 20.1. The van der Waals surface area contributed by atoms with Crippen molar-refractivity contribution in [3.63, 3.8) is 0 Å². The summed E-state index contributed by atoms with van der Waals surface area (Å²) in [5, 5.41) is 0. The van der Waals surface area contributed by atoms with Crippen LogP contribution in [0.3, 0.4) is 0 Å². The Hall–Kier alpha value is -2.75. The third-order valence-electron chi connectivity index (χ3n) is 4.52. The number of ketones is 1. The lowest BCUT2D eigenvalue weighted by molar-refractivity contribution is 0.101. The SMILES string of the molecule is CC(=O)c1ccc(Sc2ccc(-c3ccc(Sc4ccccc4)cc3)cc2)cc1. The molecule has 0 aliphatic carbocycles. The van der Waals surface area contributed by atoms with Gasteiger partial charge in [-0.1, -0.05) is 78.1 Å². The van der Waals surface area contributed by atoms with E-state index in [1.165, 1.54) is 25.8 Å². The van der Waals surface area contributed by atoms with E-state index >= 15 is 0 Å². The first-order chi connectivity index (χ1) is 14.2. The molecule has 0 aromatic heterocycles. The minimum absolute atomic E-state index is 0.0964. The number of rotatable bonds is 6. The number of benzene rings is 4. The van der Waals surface area contributed by atoms with Crippen LogP contribution < -0.4 is 0 Å². The Kier molecular flexibility index (Phi) is 6.18. The lowest BCUT2D eigenvalue weighted by Gasteiger charge is -2.07. The van der Waals surface area contributed by atoms with Gasteiger partial charge in [-0.3, -0.25) is 4.79 Å². The van der Waals surface area contributed by atoms with Crippen LogP contribution in [0.2, 0.25) is 0 Å². The monoisotopic (exact) mass is 412 g/mol. The quantitative estimate of drug-likeness (QED) is 0.300. The van der Waals surface area contributed by atoms with Gasteiger partial charge in [-0.25, -0.2) is 0 Å². The third-order valence-corrected chi connectivity index (χ3v) is 6.55. The van der Waals surface area contributed by atoms with Gasteiger partial charge in [0.25, 0.3) is 0 Å². The van der Waals surface area contributed by atoms with E-state index in [0.717, 1.165) is 10.5 Å². The highest BCUT2D eigenvalue weighted by Crippen LogP contribution is 2.32. The van der Waals surface area contributed by atoms with Crippen molar-refractivity contribution in [2.75, 3.05) is 0 Å². The molecule has 4 aromatic rings. The predicted molar refractivity (Wildman–Crippen MR) is 123 cm³/mol. The molecule has 3 heteroatoms. The summed E-state index contributed by atoms with van der Waals surface area (Å²) in [5.41, 5.74) is 3.17. The molecule has 0 aliphatic heterocycles. The summed E-state index contributed by atoms with van der Waals surface area (Å²) in [6.45, 7) is 1.59. The number of hydrogen-bond acceptors (Lipinski definition) is 3. The second-order valence-electron chi connectivity index (χ2n) is 6.65. The number of hydrogen-bond donors (Lipinski definition) is 0. The fourth-order valence-electron chi connectivity index (χ4n) is 2.95. The highest BCUT2D eigenvalue weighted by Gasteiger charge is 2.03. The molecule has 0 radical (unpaired) electrons. The Morgan fingerprint density at radius 1 is 0.517 bits per heavy atom. The molecule has 0 unspecified atom stereocenters. The summed E-state index contributed by atoms with van der Waals surface area (Å²) in [7, 11) is 0. The van der Waals surface area contributed by atoms with E-state index in [4.69, 9.17) is 0 Å². The van der Waals surface area contributed by atoms with Crippen molar-refractivity contribution in [2.45, 2.75) is 26.5 Å². The molecule has 0 amide bonds. The normalized spacial score (nSPS) is 10.7. The van der Waals surface area contributed by atoms with E-state index in [2.05, 4.69) is 72.8 Å². The van der Waals surface area contributed by atoms with E-state index in [-0.39, 0.29) is 5.78 Å². The first kappa shape index (κ1) is 19.6. The van der Waals surface area contributed by atoms with Gasteiger partial charge >= 0.3 is 0 Å². The van der Waals surface area contributed by atoms with Crippen molar-refractivity contribution in [3.8, 4) is 11.1 Å². The summed E-state index contributed by atoms with van der Waals surface area (Å²) in [6, 6.07) is 35.5. The van der Waals surface area contributed by atoms with Gasteiger partial charge in [0.1, 0.15) is 0 Å². The molecule has 4 rings (SSSR count). The average Bonchev–Trinajstić information content (AvgIpc) is 2.76. The maximum atomic E-state index is 11.4. The van der Waals surface area contributed by atoms with Crippen LogP contribution in [0.25, 0.3) is 11.1 Å². The summed E-state index contributed by atoms with van der Waals surface area (Å²) < 4.78 is 0. The van der Waals surface area contributed by atoms with Crippen molar-refractivity contribution < 1.29 is 4.79 Å². The van der Waals surface area contributed by atoms with Gasteiger partial charge in [0.2, 0.25) is 0 Å². The van der Waals surface area contributed by atoms with Crippen molar-refractivity contribution in [3.05, 3.63) is 109 Å². The Morgan fingerprint density at radius 2 is 0.897 bits per heavy atom. The standard InChI is InChI=1S/C26H20OS2/c1-19(27)20-7-13-24(14-8-20)29-26-17-11-22(12-18-26)21-9-15-25(16-10-21)28-23-5-3-2-4-6-23/h2-18H,1H3. The number of Topliss-reactive ketones (excluding diaryl/α,β-unsaturated/α-hetero) is 1. The highest BCUT2D eigenvalue weighted by atomic mass is 32.2. The van der Waals surface area contributed by atoms with Crippen LogP contribution in [0.1, 0.15) is 17.3 Å². The molecule has 0 heterocycles. The third kappa shape index (κ3) is 5.20. The van der Waals surface area contributed by atoms with Crippen molar-refractivity contribution in [1.29, 1.82) is 0 Å². The van der Waals surface area contributed by atoms with Gasteiger partial charge in [0, 0.05) is 25.1 Å². The van der Waals surface area contributed by atoms with Crippen LogP contribution >= 0.6 is 23.5 Å². The maximum Gasteiger partial charge on any atom is 0.159 e. The smallest absolute Gasteiger partial charge is 0.159 e. The summed E-state index contributed by atoms with van der Waals surface area (Å²) in [5.74, 6) is 0.0964. The fourth-order valence-corrected chi connectivity index (χ4v) is 4.60. The van der Waals surface area contributed by atoms with Gasteiger partial charge in [-0.05, 0) is 66.6 Å². The molecule has 0 bridgehead atoms. The molecule has 0 aliphatic rings. The number of carbonyl (C=O) groups is 1. The van der Waals surface area contributed by atoms with Gasteiger partial charge in [-0.2, -0.15) is 0 Å². The van der Waals surface area contributed by atoms with Crippen molar-refractivity contribution in [1.82, 2.24) is 0 Å². The molecule has 0 spiro atoms.